The molecule has 0 unspecified atom stereocenters. The van der Waals surface area contributed by atoms with Crippen LogP contribution in [0.25, 0.3) is 0 Å². The predicted molar refractivity (Wildman–Crippen MR) is 72.5 cm³/mol. The lowest BCUT2D eigenvalue weighted by Gasteiger charge is -2.14. The number of sulfone groups is 2. The van der Waals surface area contributed by atoms with Crippen molar-refractivity contribution in [2.24, 2.45) is 0 Å². The maximum atomic E-state index is 12.6. The number of rotatable bonds is 3. The molecular formula is C12H13F3O5S2. The van der Waals surface area contributed by atoms with Gasteiger partial charge in [0.15, 0.2) is 19.7 Å². The highest BCUT2D eigenvalue weighted by molar-refractivity contribution is 7.96. The summed E-state index contributed by atoms with van der Waals surface area (Å²) in [6.45, 7) is 0. The number of aliphatic hydroxyl groups excluding tert-OH is 1. The molecule has 0 spiro atoms. The maximum Gasteiger partial charge on any atom is 0.416 e. The van der Waals surface area contributed by atoms with Crippen LogP contribution >= 0.6 is 0 Å². The van der Waals surface area contributed by atoms with Gasteiger partial charge < -0.3 is 5.11 Å². The first-order chi connectivity index (χ1) is 9.91. The van der Waals surface area contributed by atoms with Gasteiger partial charge in [0.25, 0.3) is 0 Å². The quantitative estimate of drug-likeness (QED) is 0.863. The summed E-state index contributed by atoms with van der Waals surface area (Å²) in [5.41, 5.74) is -1.09. The van der Waals surface area contributed by atoms with Crippen LogP contribution in [0.2, 0.25) is 0 Å². The van der Waals surface area contributed by atoms with E-state index in [2.05, 4.69) is 0 Å². The first-order valence-corrected chi connectivity index (χ1v) is 9.71. The van der Waals surface area contributed by atoms with Crippen LogP contribution in [0.15, 0.2) is 24.3 Å². The third kappa shape index (κ3) is 3.79. The molecule has 5 nitrogen and oxygen atoms in total. The van der Waals surface area contributed by atoms with Gasteiger partial charge in [-0.1, -0.05) is 18.2 Å². The average Bonchev–Trinajstić information content (AvgIpc) is 2.62. The van der Waals surface area contributed by atoms with Gasteiger partial charge in [-0.2, -0.15) is 13.2 Å². The Morgan fingerprint density at radius 2 is 1.86 bits per heavy atom. The lowest BCUT2D eigenvalue weighted by atomic mass is 10.1. The van der Waals surface area contributed by atoms with E-state index < -0.39 is 60.0 Å². The monoisotopic (exact) mass is 358 g/mol. The van der Waals surface area contributed by atoms with Gasteiger partial charge in [0.1, 0.15) is 5.25 Å². The fraction of sp³-hybridized carbons (Fsp3) is 0.500. The number of hydrogen-bond acceptors (Lipinski definition) is 5. The molecule has 1 saturated heterocycles. The third-order valence-corrected chi connectivity index (χ3v) is 7.42. The largest absolute Gasteiger partial charge is 0.416 e. The summed E-state index contributed by atoms with van der Waals surface area (Å²) in [5, 5.41) is 8.08. The molecule has 1 aromatic rings. The van der Waals surface area contributed by atoms with E-state index in [1.54, 1.807) is 0 Å². The van der Waals surface area contributed by atoms with Crippen molar-refractivity contribution in [3.05, 3.63) is 35.4 Å². The lowest BCUT2D eigenvalue weighted by Crippen LogP contribution is -2.33. The van der Waals surface area contributed by atoms with Gasteiger partial charge in [0, 0.05) is 0 Å². The maximum absolute atomic E-state index is 12.6. The minimum Gasteiger partial charge on any atom is -0.391 e. The van der Waals surface area contributed by atoms with Crippen molar-refractivity contribution in [3.63, 3.8) is 0 Å². The molecule has 1 aromatic carbocycles. The summed E-state index contributed by atoms with van der Waals surface area (Å²) in [6, 6.07) is 3.80. The van der Waals surface area contributed by atoms with Gasteiger partial charge in [0.05, 0.1) is 28.9 Å². The second-order valence-corrected chi connectivity index (χ2v) is 9.56. The van der Waals surface area contributed by atoms with E-state index in [1.165, 1.54) is 6.07 Å². The Bertz CT molecular complexity index is 768. The highest BCUT2D eigenvalue weighted by atomic mass is 32.2. The average molecular weight is 358 g/mol. The van der Waals surface area contributed by atoms with Crippen molar-refractivity contribution >= 4 is 19.7 Å². The Balaban J connectivity index is 2.27. The van der Waals surface area contributed by atoms with Crippen molar-refractivity contribution in [2.75, 3.05) is 11.5 Å². The van der Waals surface area contributed by atoms with E-state index in [9.17, 15) is 35.1 Å². The number of benzene rings is 1. The van der Waals surface area contributed by atoms with Crippen LogP contribution in [0.1, 0.15) is 11.1 Å². The SMILES string of the molecule is O=S1(=O)C[C@@H](S(=O)(=O)Cc2cccc(C(F)(F)F)c2)[C@@H](O)C1. The van der Waals surface area contributed by atoms with Crippen LogP contribution < -0.4 is 0 Å². The topological polar surface area (TPSA) is 88.5 Å². The van der Waals surface area contributed by atoms with E-state index in [4.69, 9.17) is 0 Å². The summed E-state index contributed by atoms with van der Waals surface area (Å²) in [4.78, 5) is 0. The van der Waals surface area contributed by atoms with Crippen LogP contribution in [0.4, 0.5) is 13.2 Å². The zero-order valence-corrected chi connectivity index (χ0v) is 12.7. The molecule has 22 heavy (non-hydrogen) atoms. The summed E-state index contributed by atoms with van der Waals surface area (Å²) >= 11 is 0. The van der Waals surface area contributed by atoms with Crippen LogP contribution in [0, 0.1) is 0 Å². The fourth-order valence-corrected chi connectivity index (χ4v) is 6.93. The first-order valence-electron chi connectivity index (χ1n) is 6.17. The molecule has 1 N–H and O–H groups in total. The molecule has 1 fully saturated rings. The minimum atomic E-state index is -4.60. The molecule has 10 heteroatoms. The van der Waals surface area contributed by atoms with Crippen LogP contribution in [-0.4, -0.2) is 44.8 Å². The van der Waals surface area contributed by atoms with Gasteiger partial charge in [0.2, 0.25) is 0 Å². The van der Waals surface area contributed by atoms with Gasteiger partial charge in [-0.3, -0.25) is 0 Å². The second-order valence-electron chi connectivity index (χ2n) is 5.19. The molecule has 1 aliphatic rings. The van der Waals surface area contributed by atoms with Crippen molar-refractivity contribution in [2.45, 2.75) is 23.3 Å². The zero-order chi connectivity index (χ0) is 16.8. The molecule has 2 atom stereocenters. The summed E-state index contributed by atoms with van der Waals surface area (Å²) in [5.74, 6) is -2.12. The number of aliphatic hydroxyl groups is 1. The fourth-order valence-electron chi connectivity index (χ4n) is 2.32. The van der Waals surface area contributed by atoms with Crippen LogP contribution in [0.5, 0.6) is 0 Å². The highest BCUT2D eigenvalue weighted by Gasteiger charge is 2.44. The molecular weight excluding hydrogens is 345 g/mol. The molecule has 1 heterocycles. The Hall–Kier alpha value is -1.13. The molecule has 0 saturated carbocycles. The molecule has 124 valence electrons. The normalized spacial score (nSPS) is 25.3. The van der Waals surface area contributed by atoms with Gasteiger partial charge in [-0.15, -0.1) is 0 Å². The Morgan fingerprint density at radius 3 is 2.36 bits per heavy atom. The van der Waals surface area contributed by atoms with Crippen molar-refractivity contribution < 1.29 is 35.1 Å². The smallest absolute Gasteiger partial charge is 0.391 e. The second kappa shape index (κ2) is 5.50. The molecule has 2 rings (SSSR count). The molecule has 0 aliphatic carbocycles. The number of hydrogen-bond donors (Lipinski definition) is 1. The van der Waals surface area contributed by atoms with E-state index in [-0.39, 0.29) is 5.56 Å². The first kappa shape index (κ1) is 17.2. The lowest BCUT2D eigenvalue weighted by molar-refractivity contribution is -0.137. The van der Waals surface area contributed by atoms with Gasteiger partial charge in [-0.25, -0.2) is 16.8 Å². The summed E-state index contributed by atoms with van der Waals surface area (Å²) in [7, 11) is -7.75. The zero-order valence-electron chi connectivity index (χ0n) is 11.1. The number of alkyl halides is 3. The van der Waals surface area contributed by atoms with Crippen molar-refractivity contribution in [1.82, 2.24) is 0 Å². The summed E-state index contributed by atoms with van der Waals surface area (Å²) in [6.07, 6.45) is -6.16. The number of halogens is 3. The standard InChI is InChI=1S/C12H13F3O5S2/c13-12(14,15)9-3-1-2-8(4-9)5-22(19,20)11-7-21(17,18)6-10(11)16/h1-4,10-11,16H,5-7H2/t10-,11+/m0/s1. The van der Waals surface area contributed by atoms with Crippen molar-refractivity contribution in [3.8, 4) is 0 Å². The Labute approximate surface area is 125 Å². The molecule has 0 radical (unpaired) electrons. The van der Waals surface area contributed by atoms with Crippen molar-refractivity contribution in [1.29, 1.82) is 0 Å². The van der Waals surface area contributed by atoms with Gasteiger partial charge in [-0.05, 0) is 11.6 Å². The molecule has 0 amide bonds. The minimum absolute atomic E-state index is 0.105. The predicted octanol–water partition coefficient (Wildman–Crippen LogP) is 0.778. The molecule has 0 bridgehead atoms. The van der Waals surface area contributed by atoms with Crippen LogP contribution in [-0.2, 0) is 31.6 Å². The third-order valence-electron chi connectivity index (χ3n) is 3.36. The van der Waals surface area contributed by atoms with Crippen LogP contribution in [0.3, 0.4) is 0 Å². The van der Waals surface area contributed by atoms with E-state index in [0.29, 0.717) is 6.07 Å². The van der Waals surface area contributed by atoms with Gasteiger partial charge >= 0.3 is 6.18 Å². The molecule has 1 aliphatic heterocycles. The highest BCUT2D eigenvalue weighted by Crippen LogP contribution is 2.30. The summed E-state index contributed by atoms with van der Waals surface area (Å²) < 4.78 is 84.8. The Morgan fingerprint density at radius 1 is 1.23 bits per heavy atom. The van der Waals surface area contributed by atoms with E-state index in [1.807, 2.05) is 0 Å². The van der Waals surface area contributed by atoms with E-state index in [0.717, 1.165) is 12.1 Å². The van der Waals surface area contributed by atoms with E-state index >= 15 is 0 Å². The molecule has 0 aromatic heterocycles. The Kier molecular flexibility index (Phi) is 4.31.